The lowest BCUT2D eigenvalue weighted by atomic mass is 9.85. The number of benzene rings is 1. The third kappa shape index (κ3) is 2.60. The molecule has 2 aliphatic rings. The number of piperidine rings is 1. The molecule has 2 amide bonds. The lowest BCUT2D eigenvalue weighted by molar-refractivity contribution is -0.144. The van der Waals surface area contributed by atoms with E-state index in [4.69, 9.17) is 11.6 Å². The summed E-state index contributed by atoms with van der Waals surface area (Å²) in [6, 6.07) is 7.11. The molecule has 0 radical (unpaired) electrons. The van der Waals surface area contributed by atoms with Crippen molar-refractivity contribution in [2.75, 3.05) is 20.1 Å². The minimum Gasteiger partial charge on any atom is -0.344 e. The van der Waals surface area contributed by atoms with Gasteiger partial charge in [0.05, 0.1) is 16.3 Å². The Bertz CT molecular complexity index is 851. The standard InChI is InChI=1S/C19H21ClN4O2/c1-22-10-2-7-19(18(22)26)8-3-11-23(19)17(25)15-13-14(5-6-16(15)20)24-12-4-9-21-24/h4-6,9,12-13H,2-3,7-8,10-11H2,1H3. The van der Waals surface area contributed by atoms with Crippen LogP contribution in [0, 0.1) is 0 Å². The van der Waals surface area contributed by atoms with Gasteiger partial charge in [-0.05, 0) is 49.9 Å². The summed E-state index contributed by atoms with van der Waals surface area (Å²) in [5.74, 6) is -0.126. The van der Waals surface area contributed by atoms with Crippen LogP contribution in [0.4, 0.5) is 0 Å². The molecule has 1 aromatic carbocycles. The van der Waals surface area contributed by atoms with Gasteiger partial charge in [0.15, 0.2) is 0 Å². The van der Waals surface area contributed by atoms with Gasteiger partial charge in [0.1, 0.15) is 5.54 Å². The maximum atomic E-state index is 13.4. The lowest BCUT2D eigenvalue weighted by Crippen LogP contribution is -2.60. The molecular formula is C19H21ClN4O2. The first kappa shape index (κ1) is 17.1. The van der Waals surface area contributed by atoms with Crippen LogP contribution in [0.5, 0.6) is 0 Å². The molecule has 1 unspecified atom stereocenters. The predicted octanol–water partition coefficient (Wildman–Crippen LogP) is 2.75. The van der Waals surface area contributed by atoms with Crippen LogP contribution in [-0.2, 0) is 4.79 Å². The van der Waals surface area contributed by atoms with Crippen LogP contribution in [0.3, 0.4) is 0 Å². The maximum Gasteiger partial charge on any atom is 0.256 e. The highest BCUT2D eigenvalue weighted by Gasteiger charge is 2.52. The molecule has 2 aromatic rings. The van der Waals surface area contributed by atoms with Gasteiger partial charge in [-0.25, -0.2) is 4.68 Å². The molecule has 1 atom stereocenters. The van der Waals surface area contributed by atoms with Crippen molar-refractivity contribution in [1.29, 1.82) is 0 Å². The van der Waals surface area contributed by atoms with E-state index in [9.17, 15) is 9.59 Å². The molecule has 2 fully saturated rings. The van der Waals surface area contributed by atoms with Crippen LogP contribution >= 0.6 is 11.6 Å². The third-order valence-electron chi connectivity index (χ3n) is 5.51. The molecule has 0 aliphatic carbocycles. The number of likely N-dealkylation sites (N-methyl/N-ethyl adjacent to an activating group) is 1. The van der Waals surface area contributed by atoms with Crippen molar-refractivity contribution in [2.24, 2.45) is 0 Å². The lowest BCUT2D eigenvalue weighted by Gasteiger charge is -2.43. The Morgan fingerprint density at radius 2 is 2.00 bits per heavy atom. The van der Waals surface area contributed by atoms with Gasteiger partial charge >= 0.3 is 0 Å². The SMILES string of the molecule is CN1CCCC2(CCCN2C(=O)c2cc(-n3cccn3)ccc2Cl)C1=O. The first-order valence-corrected chi connectivity index (χ1v) is 9.28. The number of carbonyl (C=O) groups is 2. The van der Waals surface area contributed by atoms with Gasteiger partial charge in [0, 0.05) is 32.5 Å². The second-order valence-electron chi connectivity index (χ2n) is 7.04. The quantitative estimate of drug-likeness (QED) is 0.814. The Labute approximate surface area is 157 Å². The molecule has 1 aromatic heterocycles. The zero-order chi connectivity index (χ0) is 18.3. The summed E-state index contributed by atoms with van der Waals surface area (Å²) in [6.45, 7) is 1.33. The number of aromatic nitrogens is 2. The number of hydrogen-bond acceptors (Lipinski definition) is 3. The minimum absolute atomic E-state index is 0.0500. The van der Waals surface area contributed by atoms with E-state index in [1.165, 1.54) is 0 Å². The topological polar surface area (TPSA) is 58.4 Å². The Balaban J connectivity index is 1.71. The van der Waals surface area contributed by atoms with Crippen LogP contribution in [0.1, 0.15) is 36.0 Å². The molecule has 4 rings (SSSR count). The van der Waals surface area contributed by atoms with Crippen LogP contribution in [0.25, 0.3) is 5.69 Å². The van der Waals surface area contributed by atoms with Gasteiger partial charge < -0.3 is 9.80 Å². The smallest absolute Gasteiger partial charge is 0.256 e. The molecule has 2 aliphatic heterocycles. The molecule has 0 N–H and O–H groups in total. The zero-order valence-corrected chi connectivity index (χ0v) is 15.4. The predicted molar refractivity (Wildman–Crippen MR) is 98.4 cm³/mol. The second-order valence-corrected chi connectivity index (χ2v) is 7.44. The summed E-state index contributed by atoms with van der Waals surface area (Å²) in [5, 5.41) is 4.60. The van der Waals surface area contributed by atoms with Gasteiger partial charge in [-0.2, -0.15) is 5.10 Å². The zero-order valence-electron chi connectivity index (χ0n) is 14.7. The highest BCUT2D eigenvalue weighted by molar-refractivity contribution is 6.34. The van der Waals surface area contributed by atoms with E-state index in [-0.39, 0.29) is 11.8 Å². The minimum atomic E-state index is -0.713. The maximum absolute atomic E-state index is 13.4. The van der Waals surface area contributed by atoms with E-state index < -0.39 is 5.54 Å². The second kappa shape index (κ2) is 6.43. The summed E-state index contributed by atoms with van der Waals surface area (Å²) in [4.78, 5) is 29.8. The highest BCUT2D eigenvalue weighted by Crippen LogP contribution is 2.39. The molecule has 7 heteroatoms. The van der Waals surface area contributed by atoms with E-state index in [0.717, 1.165) is 37.9 Å². The summed E-state index contributed by atoms with van der Waals surface area (Å²) < 4.78 is 1.69. The molecule has 0 bridgehead atoms. The Hall–Kier alpha value is -2.34. The Kier molecular flexibility index (Phi) is 4.23. The van der Waals surface area contributed by atoms with Crippen molar-refractivity contribution in [1.82, 2.24) is 19.6 Å². The number of amides is 2. The summed E-state index contributed by atoms with van der Waals surface area (Å²) in [6.07, 6.45) is 6.68. The Morgan fingerprint density at radius 1 is 1.23 bits per heavy atom. The average molecular weight is 373 g/mol. The van der Waals surface area contributed by atoms with Crippen molar-refractivity contribution in [2.45, 2.75) is 31.2 Å². The Morgan fingerprint density at radius 3 is 2.73 bits per heavy atom. The van der Waals surface area contributed by atoms with Crippen molar-refractivity contribution in [3.05, 3.63) is 47.2 Å². The van der Waals surface area contributed by atoms with Crippen LogP contribution < -0.4 is 0 Å². The largest absolute Gasteiger partial charge is 0.344 e. The number of nitrogens with zero attached hydrogens (tertiary/aromatic N) is 4. The number of hydrogen-bond donors (Lipinski definition) is 0. The summed E-state index contributed by atoms with van der Waals surface area (Å²) >= 11 is 6.35. The molecule has 136 valence electrons. The normalized spacial score (nSPS) is 23.1. The van der Waals surface area contributed by atoms with E-state index >= 15 is 0 Å². The van der Waals surface area contributed by atoms with Gasteiger partial charge in [-0.15, -0.1) is 0 Å². The third-order valence-corrected chi connectivity index (χ3v) is 5.84. The molecule has 2 saturated heterocycles. The van der Waals surface area contributed by atoms with Crippen molar-refractivity contribution in [3.63, 3.8) is 0 Å². The monoisotopic (exact) mass is 372 g/mol. The van der Waals surface area contributed by atoms with Crippen molar-refractivity contribution in [3.8, 4) is 5.69 Å². The fourth-order valence-electron chi connectivity index (χ4n) is 4.22. The van der Waals surface area contributed by atoms with Crippen LogP contribution in [-0.4, -0.2) is 57.1 Å². The first-order valence-electron chi connectivity index (χ1n) is 8.90. The number of rotatable bonds is 2. The van der Waals surface area contributed by atoms with Crippen LogP contribution in [0.2, 0.25) is 5.02 Å². The molecule has 6 nitrogen and oxygen atoms in total. The van der Waals surface area contributed by atoms with Gasteiger partial charge in [0.25, 0.3) is 5.91 Å². The molecule has 1 spiro atoms. The van der Waals surface area contributed by atoms with E-state index in [0.29, 0.717) is 17.1 Å². The van der Waals surface area contributed by atoms with Gasteiger partial charge in [-0.3, -0.25) is 9.59 Å². The first-order chi connectivity index (χ1) is 12.5. The van der Waals surface area contributed by atoms with Gasteiger partial charge in [0.2, 0.25) is 5.91 Å². The van der Waals surface area contributed by atoms with Crippen molar-refractivity contribution >= 4 is 23.4 Å². The van der Waals surface area contributed by atoms with Crippen molar-refractivity contribution < 1.29 is 9.59 Å². The van der Waals surface area contributed by atoms with Crippen LogP contribution in [0.15, 0.2) is 36.7 Å². The summed E-state index contributed by atoms with van der Waals surface area (Å²) in [7, 11) is 1.82. The highest BCUT2D eigenvalue weighted by atomic mass is 35.5. The molecule has 0 saturated carbocycles. The van der Waals surface area contributed by atoms with E-state index in [2.05, 4.69) is 5.10 Å². The van der Waals surface area contributed by atoms with E-state index in [1.54, 1.807) is 32.8 Å². The van der Waals surface area contributed by atoms with Gasteiger partial charge in [-0.1, -0.05) is 11.6 Å². The fraction of sp³-hybridized carbons (Fsp3) is 0.421. The number of carbonyl (C=O) groups excluding carboxylic acids is 2. The summed E-state index contributed by atoms with van der Waals surface area (Å²) in [5.41, 5.74) is 0.472. The van der Waals surface area contributed by atoms with E-state index in [1.807, 2.05) is 25.4 Å². The number of halogens is 1. The molecular weight excluding hydrogens is 352 g/mol. The molecule has 3 heterocycles. The molecule has 26 heavy (non-hydrogen) atoms. The average Bonchev–Trinajstić information content (AvgIpc) is 3.30. The fourth-order valence-corrected chi connectivity index (χ4v) is 4.41. The number of likely N-dealkylation sites (tertiary alicyclic amines) is 2.